The van der Waals surface area contributed by atoms with E-state index in [1.807, 2.05) is 0 Å². The van der Waals surface area contributed by atoms with Gasteiger partial charge >= 0.3 is 0 Å². The van der Waals surface area contributed by atoms with Crippen LogP contribution in [-0.2, 0) is 39.0 Å². The number of hydrogen-bond acceptors (Lipinski definition) is 4. The van der Waals surface area contributed by atoms with E-state index in [1.165, 1.54) is 24.3 Å². The van der Waals surface area contributed by atoms with Gasteiger partial charge in [0.1, 0.15) is 0 Å². The molecular weight excluding hydrogens is 371 g/mol. The Kier molecular flexibility index (Phi) is 9.76. The molecule has 0 unspecified atom stereocenters. The summed E-state index contributed by atoms with van der Waals surface area (Å²) < 4.78 is 0. The first-order valence-electron chi connectivity index (χ1n) is 6.71. The molecule has 5 heteroatoms. The van der Waals surface area contributed by atoms with Crippen LogP contribution in [-0.4, -0.2) is 20.4 Å². The second-order valence-electron chi connectivity index (χ2n) is 4.63. The Morgan fingerprint density at radius 3 is 1.26 bits per heavy atom. The van der Waals surface area contributed by atoms with Crippen LogP contribution in [0.25, 0.3) is 0 Å². The van der Waals surface area contributed by atoms with Gasteiger partial charge in [0.25, 0.3) is 0 Å². The molecule has 0 aliphatic rings. The van der Waals surface area contributed by atoms with E-state index in [2.05, 4.69) is 13.2 Å². The van der Waals surface area contributed by atoms with E-state index in [-0.39, 0.29) is 49.2 Å². The second-order valence-corrected chi connectivity index (χ2v) is 4.63. The van der Waals surface area contributed by atoms with Crippen LogP contribution in [0.2, 0.25) is 0 Å². The topological polar surface area (TPSA) is 80.9 Å². The normalized spacial score (nSPS) is 9.04. The van der Waals surface area contributed by atoms with Gasteiger partial charge in [0.2, 0.25) is 0 Å². The smallest absolute Gasteiger partial charge is 0.157 e. The number of allylic oxidation sites excluding steroid dienone is 2. The first-order chi connectivity index (χ1) is 10.5. The van der Waals surface area contributed by atoms with Crippen LogP contribution >= 0.6 is 0 Å². The zero-order valence-corrected chi connectivity index (χ0v) is 15.2. The van der Waals surface area contributed by atoms with Crippen molar-refractivity contribution >= 4 is 0 Å². The zero-order valence-electron chi connectivity index (χ0n) is 12.7. The molecule has 0 aromatic heterocycles. The summed E-state index contributed by atoms with van der Waals surface area (Å²) in [6.07, 6.45) is 4.89. The van der Waals surface area contributed by atoms with Gasteiger partial charge in [-0.2, -0.15) is 0 Å². The van der Waals surface area contributed by atoms with E-state index >= 15 is 0 Å². The molecule has 0 amide bonds. The third-order valence-electron chi connectivity index (χ3n) is 2.84. The largest absolute Gasteiger partial charge is 0.504 e. The Bertz CT molecular complexity index is 596. The molecule has 0 saturated carbocycles. The van der Waals surface area contributed by atoms with E-state index in [0.29, 0.717) is 12.8 Å². The molecule has 0 spiro atoms. The van der Waals surface area contributed by atoms with E-state index in [9.17, 15) is 0 Å². The van der Waals surface area contributed by atoms with Crippen molar-refractivity contribution in [1.82, 2.24) is 0 Å². The number of aromatic hydroxyl groups is 4. The maximum absolute atomic E-state index is 9.04. The minimum atomic E-state index is -0.0854. The summed E-state index contributed by atoms with van der Waals surface area (Å²) in [5.74, 6) is -0.329. The molecule has 4 nitrogen and oxygen atoms in total. The molecule has 0 bridgehead atoms. The Hall–Kier alpha value is -2.00. The fourth-order valence-electron chi connectivity index (χ4n) is 1.73. The fourth-order valence-corrected chi connectivity index (χ4v) is 1.73. The first-order valence-corrected chi connectivity index (χ1v) is 6.71. The molecular formula is C18H20O4Zr. The van der Waals surface area contributed by atoms with Crippen LogP contribution in [0, 0.1) is 0 Å². The van der Waals surface area contributed by atoms with Gasteiger partial charge in [-0.25, -0.2) is 0 Å². The molecule has 0 radical (unpaired) electrons. The van der Waals surface area contributed by atoms with E-state index in [0.717, 1.165) is 11.1 Å². The standard InChI is InChI=1S/2C9H10O2.Zr/c2*1-2-3-7-4-5-8(10)9(11)6-7;/h2*2,4-6,10-11H,1,3H2;. The van der Waals surface area contributed by atoms with Crippen molar-refractivity contribution in [3.63, 3.8) is 0 Å². The minimum Gasteiger partial charge on any atom is -0.504 e. The van der Waals surface area contributed by atoms with E-state index < -0.39 is 0 Å². The predicted octanol–water partition coefficient (Wildman–Crippen LogP) is 3.65. The summed E-state index contributed by atoms with van der Waals surface area (Å²) in [6.45, 7) is 7.13. The summed E-state index contributed by atoms with van der Waals surface area (Å²) in [5.41, 5.74) is 1.88. The van der Waals surface area contributed by atoms with Gasteiger partial charge in [0, 0.05) is 26.2 Å². The Labute approximate surface area is 155 Å². The number of rotatable bonds is 4. The number of hydrogen-bond donors (Lipinski definition) is 4. The maximum Gasteiger partial charge on any atom is 0.157 e. The van der Waals surface area contributed by atoms with Crippen LogP contribution in [0.1, 0.15) is 11.1 Å². The molecule has 0 aliphatic carbocycles. The maximum atomic E-state index is 9.04. The molecule has 120 valence electrons. The van der Waals surface area contributed by atoms with Gasteiger partial charge in [-0.3, -0.25) is 0 Å². The van der Waals surface area contributed by atoms with Gasteiger partial charge in [0.15, 0.2) is 23.0 Å². The first kappa shape index (κ1) is 21.0. The van der Waals surface area contributed by atoms with Crippen LogP contribution in [0.5, 0.6) is 23.0 Å². The molecule has 0 fully saturated rings. The molecule has 0 atom stereocenters. The van der Waals surface area contributed by atoms with Crippen molar-refractivity contribution in [2.24, 2.45) is 0 Å². The molecule has 4 N–H and O–H groups in total. The summed E-state index contributed by atoms with van der Waals surface area (Å²) in [6, 6.07) is 9.48. The number of phenolic OH excluding ortho intramolecular Hbond substituents is 4. The Morgan fingerprint density at radius 1 is 0.652 bits per heavy atom. The average Bonchev–Trinajstić information content (AvgIpc) is 2.48. The van der Waals surface area contributed by atoms with E-state index in [4.69, 9.17) is 20.4 Å². The van der Waals surface area contributed by atoms with Gasteiger partial charge in [-0.05, 0) is 48.2 Å². The minimum absolute atomic E-state index is 0. The summed E-state index contributed by atoms with van der Waals surface area (Å²) in [4.78, 5) is 0. The summed E-state index contributed by atoms with van der Waals surface area (Å²) in [5, 5.41) is 36.0. The van der Waals surface area contributed by atoms with Crippen LogP contribution < -0.4 is 0 Å². The predicted molar refractivity (Wildman–Crippen MR) is 87.3 cm³/mol. The molecule has 2 rings (SSSR count). The van der Waals surface area contributed by atoms with Gasteiger partial charge in [0.05, 0.1) is 0 Å². The SMILES string of the molecule is C=CCc1ccc(O)c(O)c1.C=CCc1ccc(O)c(O)c1.[Zr]. The molecule has 0 heterocycles. The monoisotopic (exact) mass is 390 g/mol. The third-order valence-corrected chi connectivity index (χ3v) is 2.84. The summed E-state index contributed by atoms with van der Waals surface area (Å²) in [7, 11) is 0. The van der Waals surface area contributed by atoms with Crippen molar-refractivity contribution in [3.05, 3.63) is 72.8 Å². The fraction of sp³-hybridized carbons (Fsp3) is 0.111. The molecule has 2 aromatic carbocycles. The van der Waals surface area contributed by atoms with Gasteiger partial charge in [-0.1, -0.05) is 24.3 Å². The molecule has 0 aliphatic heterocycles. The number of benzene rings is 2. The molecule has 2 aromatic rings. The van der Waals surface area contributed by atoms with Crippen molar-refractivity contribution in [3.8, 4) is 23.0 Å². The van der Waals surface area contributed by atoms with Crippen molar-refractivity contribution in [1.29, 1.82) is 0 Å². The van der Waals surface area contributed by atoms with Crippen molar-refractivity contribution in [2.75, 3.05) is 0 Å². The Balaban J connectivity index is 0.000000403. The van der Waals surface area contributed by atoms with Gasteiger partial charge in [-0.15, -0.1) is 13.2 Å². The van der Waals surface area contributed by atoms with Crippen LogP contribution in [0.3, 0.4) is 0 Å². The van der Waals surface area contributed by atoms with Crippen LogP contribution in [0.15, 0.2) is 61.7 Å². The van der Waals surface area contributed by atoms with Crippen molar-refractivity contribution in [2.45, 2.75) is 12.8 Å². The van der Waals surface area contributed by atoms with Crippen molar-refractivity contribution < 1.29 is 46.6 Å². The summed E-state index contributed by atoms with van der Waals surface area (Å²) >= 11 is 0. The number of phenols is 4. The quantitative estimate of drug-likeness (QED) is 0.474. The Morgan fingerprint density at radius 2 is 1.00 bits per heavy atom. The molecule has 0 saturated heterocycles. The second kappa shape index (κ2) is 10.7. The third kappa shape index (κ3) is 7.20. The average molecular weight is 392 g/mol. The zero-order chi connectivity index (χ0) is 16.5. The molecule has 23 heavy (non-hydrogen) atoms. The van der Waals surface area contributed by atoms with Gasteiger partial charge < -0.3 is 20.4 Å². The van der Waals surface area contributed by atoms with E-state index in [1.54, 1.807) is 24.3 Å². The van der Waals surface area contributed by atoms with Crippen LogP contribution in [0.4, 0.5) is 0 Å².